The minimum Gasteiger partial charge on any atom is -0.493 e. The van der Waals surface area contributed by atoms with Gasteiger partial charge in [0.2, 0.25) is 5.82 Å². The van der Waals surface area contributed by atoms with Gasteiger partial charge in [-0.25, -0.2) is 4.79 Å². The van der Waals surface area contributed by atoms with E-state index in [1.807, 2.05) is 31.2 Å². The van der Waals surface area contributed by atoms with Gasteiger partial charge in [0.15, 0.2) is 18.1 Å². The smallest absolute Gasteiger partial charge is 0.387 e. The fraction of sp³-hybridized carbons (Fsp3) is 0.190. The SMILES string of the molecule is COc1cc(/C=C/C(=O)OCc2nc(-c3ccccc3C)no2)ccc1OC(F)F. The number of ether oxygens (including phenoxy) is 3. The lowest BCUT2D eigenvalue weighted by Crippen LogP contribution is -2.03. The second-order valence-electron chi connectivity index (χ2n) is 6.06. The van der Waals surface area contributed by atoms with E-state index in [0.717, 1.165) is 11.1 Å². The third kappa shape index (κ3) is 5.40. The molecule has 0 bridgehead atoms. The average Bonchev–Trinajstić information content (AvgIpc) is 3.20. The molecule has 0 fully saturated rings. The van der Waals surface area contributed by atoms with Gasteiger partial charge in [0, 0.05) is 11.6 Å². The fourth-order valence-corrected chi connectivity index (χ4v) is 2.57. The Kier molecular flexibility index (Phi) is 6.74. The third-order valence-electron chi connectivity index (χ3n) is 4.01. The van der Waals surface area contributed by atoms with E-state index in [-0.39, 0.29) is 24.0 Å². The summed E-state index contributed by atoms with van der Waals surface area (Å²) in [5.41, 5.74) is 2.35. The summed E-state index contributed by atoms with van der Waals surface area (Å²) in [5.74, 6) is -0.0657. The van der Waals surface area contributed by atoms with E-state index < -0.39 is 12.6 Å². The second kappa shape index (κ2) is 9.64. The van der Waals surface area contributed by atoms with Gasteiger partial charge in [0.05, 0.1) is 7.11 Å². The van der Waals surface area contributed by atoms with Crippen molar-refractivity contribution >= 4 is 12.0 Å². The molecule has 0 N–H and O–H groups in total. The number of rotatable bonds is 8. The zero-order valence-electron chi connectivity index (χ0n) is 16.2. The Morgan fingerprint density at radius 1 is 1.20 bits per heavy atom. The summed E-state index contributed by atoms with van der Waals surface area (Å²) in [6.07, 6.45) is 2.63. The topological polar surface area (TPSA) is 83.7 Å². The largest absolute Gasteiger partial charge is 0.493 e. The van der Waals surface area contributed by atoms with E-state index in [1.165, 1.54) is 37.5 Å². The summed E-state index contributed by atoms with van der Waals surface area (Å²) in [6.45, 7) is -1.23. The van der Waals surface area contributed by atoms with Crippen LogP contribution in [0.4, 0.5) is 8.78 Å². The van der Waals surface area contributed by atoms with E-state index in [1.54, 1.807) is 0 Å². The maximum atomic E-state index is 12.4. The zero-order valence-corrected chi connectivity index (χ0v) is 16.2. The van der Waals surface area contributed by atoms with Crippen LogP contribution in [0.5, 0.6) is 11.5 Å². The van der Waals surface area contributed by atoms with Crippen molar-refractivity contribution in [1.29, 1.82) is 0 Å². The van der Waals surface area contributed by atoms with E-state index in [0.29, 0.717) is 11.4 Å². The number of aryl methyl sites for hydroxylation is 1. The molecule has 0 radical (unpaired) electrons. The van der Waals surface area contributed by atoms with E-state index >= 15 is 0 Å². The Morgan fingerprint density at radius 3 is 2.73 bits per heavy atom. The van der Waals surface area contributed by atoms with Crippen LogP contribution in [0.3, 0.4) is 0 Å². The molecule has 0 aliphatic carbocycles. The summed E-state index contributed by atoms with van der Waals surface area (Å²) in [5, 5.41) is 3.89. The van der Waals surface area contributed by atoms with Gasteiger partial charge >= 0.3 is 12.6 Å². The number of carbonyl (C=O) groups is 1. The van der Waals surface area contributed by atoms with Crippen molar-refractivity contribution in [2.75, 3.05) is 7.11 Å². The van der Waals surface area contributed by atoms with Crippen LogP contribution in [-0.4, -0.2) is 29.8 Å². The van der Waals surface area contributed by atoms with Crippen molar-refractivity contribution in [2.24, 2.45) is 0 Å². The van der Waals surface area contributed by atoms with Crippen molar-refractivity contribution in [3.05, 3.63) is 65.6 Å². The maximum absolute atomic E-state index is 12.4. The number of halogens is 2. The normalized spacial score (nSPS) is 11.1. The lowest BCUT2D eigenvalue weighted by atomic mass is 10.1. The minimum atomic E-state index is -2.97. The van der Waals surface area contributed by atoms with Crippen molar-refractivity contribution in [2.45, 2.75) is 20.1 Å². The summed E-state index contributed by atoms with van der Waals surface area (Å²) in [7, 11) is 1.32. The first-order valence-electron chi connectivity index (χ1n) is 8.82. The molecule has 0 saturated heterocycles. The van der Waals surface area contributed by atoms with Crippen LogP contribution < -0.4 is 9.47 Å². The Morgan fingerprint density at radius 2 is 2.00 bits per heavy atom. The monoisotopic (exact) mass is 416 g/mol. The molecule has 0 aliphatic heterocycles. The number of carbonyl (C=O) groups excluding carboxylic acids is 1. The molecule has 9 heteroatoms. The lowest BCUT2D eigenvalue weighted by Gasteiger charge is -2.10. The summed E-state index contributed by atoms with van der Waals surface area (Å²) >= 11 is 0. The van der Waals surface area contributed by atoms with Crippen molar-refractivity contribution in [3.8, 4) is 22.9 Å². The molecule has 0 unspecified atom stereocenters. The Balaban J connectivity index is 1.58. The highest BCUT2D eigenvalue weighted by Crippen LogP contribution is 2.29. The third-order valence-corrected chi connectivity index (χ3v) is 4.01. The number of hydrogen-bond acceptors (Lipinski definition) is 7. The molecular weight excluding hydrogens is 398 g/mol. The van der Waals surface area contributed by atoms with Crippen molar-refractivity contribution < 1.29 is 32.3 Å². The number of hydrogen-bond donors (Lipinski definition) is 0. The van der Waals surface area contributed by atoms with Crippen molar-refractivity contribution in [1.82, 2.24) is 10.1 Å². The first-order valence-corrected chi connectivity index (χ1v) is 8.82. The van der Waals surface area contributed by atoms with Crippen LogP contribution in [0.15, 0.2) is 53.1 Å². The molecule has 0 amide bonds. The molecular formula is C21H18F2N2O5. The quantitative estimate of drug-likeness (QED) is 0.397. The maximum Gasteiger partial charge on any atom is 0.387 e. The molecule has 3 aromatic rings. The number of aromatic nitrogens is 2. The van der Waals surface area contributed by atoms with Gasteiger partial charge in [-0.15, -0.1) is 0 Å². The first kappa shape index (κ1) is 21.0. The summed E-state index contributed by atoms with van der Waals surface area (Å²) in [6, 6.07) is 11.8. The number of benzene rings is 2. The van der Waals surface area contributed by atoms with Gasteiger partial charge in [-0.1, -0.05) is 35.5 Å². The van der Waals surface area contributed by atoms with Gasteiger partial charge < -0.3 is 18.7 Å². The summed E-state index contributed by atoms with van der Waals surface area (Å²) in [4.78, 5) is 16.2. The molecule has 156 valence electrons. The molecule has 1 heterocycles. The number of methoxy groups -OCH3 is 1. The number of esters is 1. The Hall–Kier alpha value is -3.75. The average molecular weight is 416 g/mol. The van der Waals surface area contributed by atoms with Crippen LogP contribution in [-0.2, 0) is 16.1 Å². The standard InChI is InChI=1S/C21H18F2N2O5/c1-13-5-3-4-6-15(13)20-24-18(30-25-20)12-28-19(26)10-8-14-7-9-16(29-21(22)23)17(11-14)27-2/h3-11,21H,12H2,1-2H3/b10-8+. The van der Waals surface area contributed by atoms with Gasteiger partial charge in [0.1, 0.15) is 0 Å². The molecule has 2 aromatic carbocycles. The number of alkyl halides is 2. The lowest BCUT2D eigenvalue weighted by molar-refractivity contribution is -0.139. The molecule has 0 aliphatic rings. The fourth-order valence-electron chi connectivity index (χ4n) is 2.57. The van der Waals surface area contributed by atoms with Crippen molar-refractivity contribution in [3.63, 3.8) is 0 Å². The molecule has 0 atom stereocenters. The second-order valence-corrected chi connectivity index (χ2v) is 6.06. The van der Waals surface area contributed by atoms with Crippen LogP contribution in [0.2, 0.25) is 0 Å². The summed E-state index contributed by atoms with van der Waals surface area (Å²) < 4.78 is 44.3. The van der Waals surface area contributed by atoms with E-state index in [4.69, 9.17) is 14.0 Å². The van der Waals surface area contributed by atoms with Gasteiger partial charge in [-0.2, -0.15) is 13.8 Å². The Bertz CT molecular complexity index is 1050. The van der Waals surface area contributed by atoms with Crippen LogP contribution >= 0.6 is 0 Å². The molecule has 0 spiro atoms. The highest BCUT2D eigenvalue weighted by Gasteiger charge is 2.12. The van der Waals surface area contributed by atoms with Gasteiger partial charge in [-0.05, 0) is 36.3 Å². The molecule has 0 saturated carbocycles. The van der Waals surface area contributed by atoms with E-state index in [2.05, 4.69) is 14.9 Å². The predicted molar refractivity (Wildman–Crippen MR) is 103 cm³/mol. The highest BCUT2D eigenvalue weighted by atomic mass is 19.3. The van der Waals surface area contributed by atoms with Crippen LogP contribution in [0, 0.1) is 6.92 Å². The van der Waals surface area contributed by atoms with E-state index in [9.17, 15) is 13.6 Å². The molecule has 7 nitrogen and oxygen atoms in total. The zero-order chi connectivity index (χ0) is 21.5. The molecule has 3 rings (SSSR count). The van der Waals surface area contributed by atoms with Gasteiger partial charge in [-0.3, -0.25) is 0 Å². The number of nitrogens with zero attached hydrogens (tertiary/aromatic N) is 2. The van der Waals surface area contributed by atoms with Gasteiger partial charge in [0.25, 0.3) is 5.89 Å². The first-order chi connectivity index (χ1) is 14.5. The Labute approximate surface area is 170 Å². The minimum absolute atomic E-state index is 0.104. The molecule has 1 aromatic heterocycles. The highest BCUT2D eigenvalue weighted by molar-refractivity contribution is 5.87. The van der Waals surface area contributed by atoms with Crippen LogP contribution in [0.25, 0.3) is 17.5 Å². The van der Waals surface area contributed by atoms with Crippen LogP contribution in [0.1, 0.15) is 17.0 Å². The molecule has 30 heavy (non-hydrogen) atoms. The predicted octanol–water partition coefficient (Wildman–Crippen LogP) is 4.41.